The molecule has 0 fully saturated rings. The van der Waals surface area contributed by atoms with Gasteiger partial charge < -0.3 is 5.73 Å². The third kappa shape index (κ3) is 1.52. The van der Waals surface area contributed by atoms with Crippen LogP contribution >= 0.6 is 0 Å². The van der Waals surface area contributed by atoms with E-state index in [1.807, 2.05) is 31.2 Å². The molecule has 0 aliphatic carbocycles. The molecule has 0 bridgehead atoms. The third-order valence-corrected chi connectivity index (χ3v) is 2.68. The fourth-order valence-corrected chi connectivity index (χ4v) is 1.93. The Morgan fingerprint density at radius 3 is 2.88 bits per heavy atom. The van der Waals surface area contributed by atoms with Crippen molar-refractivity contribution in [3.63, 3.8) is 0 Å². The summed E-state index contributed by atoms with van der Waals surface area (Å²) in [5, 5.41) is 8.65. The van der Waals surface area contributed by atoms with Gasteiger partial charge in [0.1, 0.15) is 12.0 Å². The number of aromatic amines is 1. The van der Waals surface area contributed by atoms with E-state index in [2.05, 4.69) is 20.2 Å². The molecule has 0 saturated carbocycles. The Morgan fingerprint density at radius 2 is 2.12 bits per heavy atom. The maximum absolute atomic E-state index is 5.97. The summed E-state index contributed by atoms with van der Waals surface area (Å²) < 4.78 is 0. The quantitative estimate of drug-likeness (QED) is 0.620. The zero-order valence-corrected chi connectivity index (χ0v) is 9.31. The first-order chi connectivity index (χ1) is 8.25. The summed E-state index contributed by atoms with van der Waals surface area (Å²) in [6.45, 7) is 1.94. The summed E-state index contributed by atoms with van der Waals surface area (Å²) in [7, 11) is 0. The monoisotopic (exact) mass is 225 g/mol. The molecule has 3 N–H and O–H groups in total. The smallest absolute Gasteiger partial charge is 0.174 e. The molecule has 2 heterocycles. The van der Waals surface area contributed by atoms with Crippen LogP contribution in [0.1, 0.15) is 5.69 Å². The van der Waals surface area contributed by atoms with Crippen LogP contribution in [-0.4, -0.2) is 20.2 Å². The molecular formula is C12H11N5. The molecule has 5 nitrogen and oxygen atoms in total. The van der Waals surface area contributed by atoms with E-state index in [0.29, 0.717) is 5.82 Å². The van der Waals surface area contributed by atoms with Gasteiger partial charge in [-0.2, -0.15) is 5.10 Å². The van der Waals surface area contributed by atoms with Crippen molar-refractivity contribution in [1.82, 2.24) is 20.2 Å². The normalized spacial score (nSPS) is 10.9. The Hall–Kier alpha value is -2.43. The first kappa shape index (κ1) is 9.77. The minimum absolute atomic E-state index is 0.657. The van der Waals surface area contributed by atoms with Crippen molar-refractivity contribution in [1.29, 1.82) is 0 Å². The fraction of sp³-hybridized carbons (Fsp3) is 0.0833. The highest BCUT2D eigenvalue weighted by Crippen LogP contribution is 2.28. The highest BCUT2D eigenvalue weighted by Gasteiger charge is 2.10. The van der Waals surface area contributed by atoms with E-state index in [0.717, 1.165) is 27.8 Å². The number of hydrogen-bond acceptors (Lipinski definition) is 4. The Balaban J connectivity index is 2.42. The lowest BCUT2D eigenvalue weighted by atomic mass is 10.1. The number of anilines is 1. The van der Waals surface area contributed by atoms with Crippen LogP contribution in [0.4, 0.5) is 5.69 Å². The maximum Gasteiger partial charge on any atom is 0.174 e. The van der Waals surface area contributed by atoms with Gasteiger partial charge in [0.15, 0.2) is 5.82 Å². The maximum atomic E-state index is 5.97. The van der Waals surface area contributed by atoms with Gasteiger partial charge in [0, 0.05) is 22.2 Å². The number of rotatable bonds is 1. The number of nitrogens with zero attached hydrogens (tertiary/aromatic N) is 3. The van der Waals surface area contributed by atoms with Crippen LogP contribution in [0.2, 0.25) is 0 Å². The highest BCUT2D eigenvalue weighted by molar-refractivity contribution is 6.00. The average molecular weight is 225 g/mol. The van der Waals surface area contributed by atoms with E-state index in [-0.39, 0.29) is 0 Å². The number of nitrogens with two attached hydrogens (primary N) is 1. The summed E-state index contributed by atoms with van der Waals surface area (Å²) in [4.78, 5) is 8.63. The minimum atomic E-state index is 0.657. The Kier molecular flexibility index (Phi) is 2.04. The van der Waals surface area contributed by atoms with Gasteiger partial charge >= 0.3 is 0 Å². The van der Waals surface area contributed by atoms with Crippen LogP contribution in [0.5, 0.6) is 0 Å². The van der Waals surface area contributed by atoms with E-state index in [9.17, 15) is 0 Å². The Labute approximate surface area is 97.7 Å². The average Bonchev–Trinajstić information content (AvgIpc) is 2.83. The van der Waals surface area contributed by atoms with E-state index < -0.39 is 0 Å². The summed E-state index contributed by atoms with van der Waals surface area (Å²) in [5.41, 5.74) is 8.40. The number of fused-ring (bicyclic) bond motifs is 1. The largest absolute Gasteiger partial charge is 0.398 e. The van der Waals surface area contributed by atoms with E-state index >= 15 is 0 Å². The molecule has 0 radical (unpaired) electrons. The van der Waals surface area contributed by atoms with Crippen molar-refractivity contribution in [2.45, 2.75) is 6.92 Å². The number of hydrogen-bond donors (Lipinski definition) is 2. The summed E-state index contributed by atoms with van der Waals surface area (Å²) >= 11 is 0. The van der Waals surface area contributed by atoms with Gasteiger partial charge in [0.25, 0.3) is 0 Å². The second-order valence-corrected chi connectivity index (χ2v) is 3.89. The fourth-order valence-electron chi connectivity index (χ4n) is 1.93. The second kappa shape index (κ2) is 3.55. The number of aromatic nitrogens is 4. The first-order valence-electron chi connectivity index (χ1n) is 5.27. The number of pyridine rings is 1. The number of nitrogens with one attached hydrogen (secondary N) is 1. The van der Waals surface area contributed by atoms with Crippen LogP contribution in [0.3, 0.4) is 0 Å². The predicted octanol–water partition coefficient (Wildman–Crippen LogP) is 1.91. The molecule has 0 atom stereocenters. The van der Waals surface area contributed by atoms with Crippen LogP contribution in [0, 0.1) is 6.92 Å². The van der Waals surface area contributed by atoms with Crippen LogP contribution in [-0.2, 0) is 0 Å². The van der Waals surface area contributed by atoms with Crippen molar-refractivity contribution in [2.75, 3.05) is 5.73 Å². The lowest BCUT2D eigenvalue weighted by molar-refractivity contribution is 1.08. The first-order valence-corrected chi connectivity index (χ1v) is 5.27. The summed E-state index contributed by atoms with van der Waals surface area (Å²) in [6.07, 6.45) is 1.47. The molecule has 3 rings (SSSR count). The lowest BCUT2D eigenvalue weighted by Crippen LogP contribution is -1.94. The van der Waals surface area contributed by atoms with Gasteiger partial charge in [-0.1, -0.05) is 12.1 Å². The number of benzene rings is 1. The van der Waals surface area contributed by atoms with Gasteiger partial charge in [-0.25, -0.2) is 9.97 Å². The van der Waals surface area contributed by atoms with Crippen molar-refractivity contribution in [3.05, 3.63) is 36.3 Å². The zero-order chi connectivity index (χ0) is 11.8. The van der Waals surface area contributed by atoms with E-state index in [1.54, 1.807) is 0 Å². The number of nitrogen functional groups attached to an aromatic ring is 1. The summed E-state index contributed by atoms with van der Waals surface area (Å²) in [6, 6.07) is 7.75. The molecule has 84 valence electrons. The molecular weight excluding hydrogens is 214 g/mol. The number of aryl methyl sites for hydroxylation is 1. The molecule has 0 amide bonds. The van der Waals surface area contributed by atoms with Gasteiger partial charge in [-0.05, 0) is 19.1 Å². The predicted molar refractivity (Wildman–Crippen MR) is 66.3 cm³/mol. The molecule has 2 aromatic heterocycles. The van der Waals surface area contributed by atoms with Crippen molar-refractivity contribution in [3.8, 4) is 11.5 Å². The molecule has 0 aliphatic heterocycles. The van der Waals surface area contributed by atoms with Gasteiger partial charge in [-0.15, -0.1) is 0 Å². The lowest BCUT2D eigenvalue weighted by Gasteiger charge is -2.07. The van der Waals surface area contributed by atoms with Gasteiger partial charge in [0.05, 0.1) is 0 Å². The number of H-pyrrole nitrogens is 1. The van der Waals surface area contributed by atoms with Crippen molar-refractivity contribution in [2.24, 2.45) is 0 Å². The highest BCUT2D eigenvalue weighted by atomic mass is 15.2. The van der Waals surface area contributed by atoms with Crippen LogP contribution in [0.15, 0.2) is 30.6 Å². The van der Waals surface area contributed by atoms with E-state index in [1.165, 1.54) is 6.33 Å². The Morgan fingerprint density at radius 1 is 1.24 bits per heavy atom. The van der Waals surface area contributed by atoms with Gasteiger partial charge in [0.2, 0.25) is 0 Å². The Bertz CT molecular complexity index is 673. The van der Waals surface area contributed by atoms with Gasteiger partial charge in [-0.3, -0.25) is 5.10 Å². The van der Waals surface area contributed by atoms with Crippen LogP contribution < -0.4 is 5.73 Å². The molecule has 1 aromatic carbocycles. The molecule has 17 heavy (non-hydrogen) atoms. The van der Waals surface area contributed by atoms with E-state index in [4.69, 9.17) is 5.73 Å². The molecule has 0 saturated heterocycles. The SMILES string of the molecule is Cc1cc2c(N)cccc2c(-c2ncn[nH]2)n1. The molecule has 0 unspecified atom stereocenters. The minimum Gasteiger partial charge on any atom is -0.398 e. The molecule has 0 aliphatic rings. The summed E-state index contributed by atoms with van der Waals surface area (Å²) in [5.74, 6) is 0.657. The van der Waals surface area contributed by atoms with Crippen molar-refractivity contribution < 1.29 is 0 Å². The van der Waals surface area contributed by atoms with Crippen LogP contribution in [0.25, 0.3) is 22.3 Å². The molecule has 5 heteroatoms. The standard InChI is InChI=1S/C12H11N5/c1-7-5-9-8(3-2-4-10(9)13)11(16-7)12-14-6-15-17-12/h2-6H,13H2,1H3,(H,14,15,17). The molecule has 3 aromatic rings. The van der Waals surface area contributed by atoms with Crippen molar-refractivity contribution >= 4 is 16.5 Å². The second-order valence-electron chi connectivity index (χ2n) is 3.89. The molecule has 0 spiro atoms. The third-order valence-electron chi connectivity index (χ3n) is 2.68. The topological polar surface area (TPSA) is 80.5 Å². The zero-order valence-electron chi connectivity index (χ0n) is 9.31.